The van der Waals surface area contributed by atoms with Crippen LogP contribution in [0.4, 0.5) is 5.69 Å². The molecule has 1 aliphatic rings. The Labute approximate surface area is 200 Å². The second-order valence-corrected chi connectivity index (χ2v) is 8.45. The number of benzene rings is 3. The molecule has 0 radical (unpaired) electrons. The summed E-state index contributed by atoms with van der Waals surface area (Å²) in [7, 11) is 0. The van der Waals surface area contributed by atoms with Crippen molar-refractivity contribution in [3.8, 4) is 16.9 Å². The molecule has 5 rings (SSSR count). The highest BCUT2D eigenvalue weighted by Crippen LogP contribution is 2.24. The first-order valence-corrected chi connectivity index (χ1v) is 11.8. The molecule has 34 heavy (non-hydrogen) atoms. The molecule has 1 N–H and O–H groups in total. The van der Waals surface area contributed by atoms with E-state index in [-0.39, 0.29) is 5.91 Å². The predicted octanol–water partition coefficient (Wildman–Crippen LogP) is 4.09. The highest BCUT2D eigenvalue weighted by molar-refractivity contribution is 5.93. The van der Waals surface area contributed by atoms with Crippen molar-refractivity contribution < 1.29 is 4.79 Å². The van der Waals surface area contributed by atoms with Gasteiger partial charge >= 0.3 is 0 Å². The summed E-state index contributed by atoms with van der Waals surface area (Å²) in [5.41, 5.74) is 4.55. The number of nitrogens with one attached hydrogen (secondary N) is 1. The fourth-order valence-electron chi connectivity index (χ4n) is 4.36. The van der Waals surface area contributed by atoms with E-state index in [2.05, 4.69) is 44.5 Å². The molecular weight excluding hydrogens is 422 g/mol. The molecule has 0 atom stereocenters. The van der Waals surface area contributed by atoms with Crippen LogP contribution in [-0.2, 0) is 0 Å². The smallest absolute Gasteiger partial charge is 0.271 e. The predicted molar refractivity (Wildman–Crippen MR) is 136 cm³/mol. The summed E-state index contributed by atoms with van der Waals surface area (Å²) in [6, 6.07) is 32.4. The van der Waals surface area contributed by atoms with Crippen molar-refractivity contribution in [1.29, 1.82) is 0 Å². The summed E-state index contributed by atoms with van der Waals surface area (Å²) in [4.78, 5) is 17.8. The van der Waals surface area contributed by atoms with Gasteiger partial charge in [-0.2, -0.15) is 5.10 Å². The Morgan fingerprint density at radius 3 is 2.00 bits per heavy atom. The Hall–Kier alpha value is -3.90. The molecule has 0 saturated carbocycles. The fraction of sp³-hybridized carbons (Fsp3) is 0.214. The number of hydrogen-bond donors (Lipinski definition) is 1. The van der Waals surface area contributed by atoms with Crippen LogP contribution >= 0.6 is 0 Å². The molecule has 0 bridgehead atoms. The lowest BCUT2D eigenvalue weighted by atomic mass is 10.1. The van der Waals surface area contributed by atoms with Crippen molar-refractivity contribution in [2.24, 2.45) is 0 Å². The van der Waals surface area contributed by atoms with E-state index in [9.17, 15) is 4.79 Å². The van der Waals surface area contributed by atoms with Crippen LogP contribution in [0.1, 0.15) is 10.5 Å². The van der Waals surface area contributed by atoms with Gasteiger partial charge < -0.3 is 10.2 Å². The van der Waals surface area contributed by atoms with Crippen molar-refractivity contribution in [3.05, 3.63) is 103 Å². The highest BCUT2D eigenvalue weighted by atomic mass is 16.1. The van der Waals surface area contributed by atoms with E-state index >= 15 is 0 Å². The molecule has 1 aromatic heterocycles. The van der Waals surface area contributed by atoms with Crippen LogP contribution in [0.3, 0.4) is 0 Å². The number of anilines is 1. The molecule has 0 unspecified atom stereocenters. The van der Waals surface area contributed by atoms with Gasteiger partial charge in [0.2, 0.25) is 0 Å². The van der Waals surface area contributed by atoms with Gasteiger partial charge in [0.05, 0.1) is 11.4 Å². The number of rotatable bonds is 7. The largest absolute Gasteiger partial charge is 0.369 e. The molecular formula is C28H29N5O. The molecule has 4 aromatic rings. The van der Waals surface area contributed by atoms with Crippen LogP contribution in [0, 0.1) is 0 Å². The Kier molecular flexibility index (Phi) is 6.68. The standard InChI is InChI=1S/C28H29N5O/c34-28(29-16-17-31-18-20-32(21-19-31)24-12-6-2-7-13-24)26-22-27(23-10-4-1-5-11-23)33(30-26)25-14-8-3-9-15-25/h1-15,22H,16-21H2,(H,29,34). The van der Waals surface area contributed by atoms with Crippen LogP contribution in [0.2, 0.25) is 0 Å². The number of para-hydroxylation sites is 2. The first kappa shape index (κ1) is 21.9. The van der Waals surface area contributed by atoms with E-state index in [0.717, 1.165) is 49.7 Å². The molecule has 0 aliphatic carbocycles. The second-order valence-electron chi connectivity index (χ2n) is 8.45. The van der Waals surface area contributed by atoms with Crippen molar-refractivity contribution in [2.45, 2.75) is 0 Å². The Morgan fingerprint density at radius 1 is 0.765 bits per heavy atom. The molecule has 3 aromatic carbocycles. The number of carbonyl (C=O) groups is 1. The molecule has 6 heteroatoms. The number of nitrogens with zero attached hydrogens (tertiary/aromatic N) is 4. The Morgan fingerprint density at radius 2 is 1.35 bits per heavy atom. The maximum atomic E-state index is 12.9. The second kappa shape index (κ2) is 10.4. The third-order valence-corrected chi connectivity index (χ3v) is 6.22. The topological polar surface area (TPSA) is 53.4 Å². The summed E-state index contributed by atoms with van der Waals surface area (Å²) in [6.07, 6.45) is 0. The summed E-state index contributed by atoms with van der Waals surface area (Å²) in [6.45, 7) is 5.42. The average molecular weight is 452 g/mol. The highest BCUT2D eigenvalue weighted by Gasteiger charge is 2.19. The van der Waals surface area contributed by atoms with Crippen molar-refractivity contribution in [3.63, 3.8) is 0 Å². The number of aromatic nitrogens is 2. The summed E-state index contributed by atoms with van der Waals surface area (Å²) in [5.74, 6) is -0.144. The van der Waals surface area contributed by atoms with Crippen LogP contribution in [0.5, 0.6) is 0 Å². The van der Waals surface area contributed by atoms with E-state index in [1.54, 1.807) is 0 Å². The minimum absolute atomic E-state index is 0.144. The minimum atomic E-state index is -0.144. The van der Waals surface area contributed by atoms with Crippen LogP contribution < -0.4 is 10.2 Å². The zero-order valence-corrected chi connectivity index (χ0v) is 19.2. The zero-order chi connectivity index (χ0) is 23.2. The number of amides is 1. The van der Waals surface area contributed by atoms with Gasteiger partial charge in [0, 0.05) is 50.5 Å². The number of hydrogen-bond acceptors (Lipinski definition) is 4. The molecule has 1 amide bonds. The van der Waals surface area contributed by atoms with E-state index in [4.69, 9.17) is 0 Å². The fourth-order valence-corrected chi connectivity index (χ4v) is 4.36. The van der Waals surface area contributed by atoms with E-state index in [1.807, 2.05) is 77.5 Å². The van der Waals surface area contributed by atoms with Gasteiger partial charge in [0.25, 0.3) is 5.91 Å². The monoisotopic (exact) mass is 451 g/mol. The van der Waals surface area contributed by atoms with Crippen molar-refractivity contribution >= 4 is 11.6 Å². The van der Waals surface area contributed by atoms with Gasteiger partial charge in [-0.25, -0.2) is 4.68 Å². The maximum absolute atomic E-state index is 12.9. The lowest BCUT2D eigenvalue weighted by Crippen LogP contribution is -2.48. The van der Waals surface area contributed by atoms with Crippen LogP contribution in [0.25, 0.3) is 16.9 Å². The van der Waals surface area contributed by atoms with Gasteiger partial charge in [-0.1, -0.05) is 66.7 Å². The summed E-state index contributed by atoms with van der Waals surface area (Å²) in [5, 5.41) is 7.71. The molecule has 2 heterocycles. The summed E-state index contributed by atoms with van der Waals surface area (Å²) >= 11 is 0. The number of carbonyl (C=O) groups excluding carboxylic acids is 1. The first-order valence-electron chi connectivity index (χ1n) is 11.8. The van der Waals surface area contributed by atoms with Crippen LogP contribution in [0.15, 0.2) is 97.1 Å². The Balaban J connectivity index is 1.20. The normalized spacial score (nSPS) is 14.2. The zero-order valence-electron chi connectivity index (χ0n) is 19.2. The molecule has 0 spiro atoms. The third-order valence-electron chi connectivity index (χ3n) is 6.22. The number of piperazine rings is 1. The molecule has 1 fully saturated rings. The lowest BCUT2D eigenvalue weighted by molar-refractivity contribution is 0.0942. The average Bonchev–Trinajstić information content (AvgIpc) is 3.36. The minimum Gasteiger partial charge on any atom is -0.369 e. The molecule has 1 saturated heterocycles. The quantitative estimate of drug-likeness (QED) is 0.460. The van der Waals surface area contributed by atoms with Gasteiger partial charge in [-0.05, 0) is 30.3 Å². The molecule has 1 aliphatic heterocycles. The van der Waals surface area contributed by atoms with E-state index in [1.165, 1.54) is 5.69 Å². The third kappa shape index (κ3) is 5.02. The SMILES string of the molecule is O=C(NCCN1CCN(c2ccccc2)CC1)c1cc(-c2ccccc2)n(-c2ccccc2)n1. The van der Waals surface area contributed by atoms with Crippen molar-refractivity contribution in [2.75, 3.05) is 44.2 Å². The van der Waals surface area contributed by atoms with Crippen molar-refractivity contribution in [1.82, 2.24) is 20.0 Å². The molecule has 6 nitrogen and oxygen atoms in total. The summed E-state index contributed by atoms with van der Waals surface area (Å²) < 4.78 is 1.84. The van der Waals surface area contributed by atoms with Gasteiger partial charge in [0.15, 0.2) is 5.69 Å². The van der Waals surface area contributed by atoms with Crippen LogP contribution in [-0.4, -0.2) is 59.9 Å². The molecule has 172 valence electrons. The Bertz CT molecular complexity index is 1140. The lowest BCUT2D eigenvalue weighted by Gasteiger charge is -2.36. The maximum Gasteiger partial charge on any atom is 0.271 e. The van der Waals surface area contributed by atoms with E-state index in [0.29, 0.717) is 12.2 Å². The van der Waals surface area contributed by atoms with E-state index < -0.39 is 0 Å². The first-order chi connectivity index (χ1) is 16.8. The van der Waals surface area contributed by atoms with Gasteiger partial charge in [-0.15, -0.1) is 0 Å². The van der Waals surface area contributed by atoms with Gasteiger partial charge in [-0.3, -0.25) is 9.69 Å². The van der Waals surface area contributed by atoms with Gasteiger partial charge in [0.1, 0.15) is 0 Å².